The van der Waals surface area contributed by atoms with E-state index in [9.17, 15) is 4.79 Å². The van der Waals surface area contributed by atoms with Crippen molar-refractivity contribution in [3.63, 3.8) is 0 Å². The van der Waals surface area contributed by atoms with E-state index in [1.54, 1.807) is 23.9 Å². The van der Waals surface area contributed by atoms with Crippen LogP contribution < -0.4 is 11.5 Å². The van der Waals surface area contributed by atoms with Crippen molar-refractivity contribution >= 4 is 23.4 Å². The van der Waals surface area contributed by atoms with Gasteiger partial charge >= 0.3 is 0 Å². The Labute approximate surface area is 101 Å². The minimum atomic E-state index is -0.439. The second-order valence-corrected chi connectivity index (χ2v) is 5.28. The molecule has 0 fully saturated rings. The Morgan fingerprint density at radius 3 is 2.62 bits per heavy atom. The summed E-state index contributed by atoms with van der Waals surface area (Å²) in [5.74, 6) is 1.29. The molecule has 0 saturated heterocycles. The highest BCUT2D eigenvalue weighted by atomic mass is 32.2. The maximum absolute atomic E-state index is 10.9. The van der Waals surface area contributed by atoms with Crippen LogP contribution in [0.3, 0.4) is 0 Å². The fourth-order valence-electron chi connectivity index (χ4n) is 1.24. The third-order valence-corrected chi connectivity index (χ3v) is 3.37. The quantitative estimate of drug-likeness (QED) is 0.611. The maximum Gasteiger partial charge on any atom is 0.248 e. The van der Waals surface area contributed by atoms with E-state index >= 15 is 0 Å². The van der Waals surface area contributed by atoms with Crippen molar-refractivity contribution in [3.05, 3.63) is 23.8 Å². The van der Waals surface area contributed by atoms with Crippen molar-refractivity contribution in [3.8, 4) is 0 Å². The van der Waals surface area contributed by atoms with Crippen molar-refractivity contribution in [1.29, 1.82) is 0 Å². The molecule has 0 unspecified atom stereocenters. The number of nitrogen functional groups attached to an aromatic ring is 1. The first-order valence-corrected chi connectivity index (χ1v) is 6.31. The van der Waals surface area contributed by atoms with Crippen LogP contribution in [0.1, 0.15) is 30.6 Å². The minimum absolute atomic E-state index is 0.439. The lowest BCUT2D eigenvalue weighted by molar-refractivity contribution is 0.100. The molecule has 0 atom stereocenters. The fraction of sp³-hybridized carbons (Fsp3) is 0.417. The molecule has 0 heterocycles. The zero-order valence-electron chi connectivity index (χ0n) is 9.69. The predicted octanol–water partition coefficient (Wildman–Crippen LogP) is 2.51. The number of benzene rings is 1. The molecular formula is C12H18N2OS. The molecule has 1 amide bonds. The van der Waals surface area contributed by atoms with Gasteiger partial charge in [0, 0.05) is 16.1 Å². The molecule has 0 spiro atoms. The van der Waals surface area contributed by atoms with Crippen LogP contribution in [-0.4, -0.2) is 11.7 Å². The van der Waals surface area contributed by atoms with Crippen molar-refractivity contribution in [2.24, 2.45) is 11.7 Å². The molecule has 1 aromatic carbocycles. The van der Waals surface area contributed by atoms with Crippen LogP contribution >= 0.6 is 11.8 Å². The zero-order valence-corrected chi connectivity index (χ0v) is 10.5. The van der Waals surface area contributed by atoms with Crippen LogP contribution in [0.5, 0.6) is 0 Å². The van der Waals surface area contributed by atoms with Gasteiger partial charge in [0.05, 0.1) is 0 Å². The highest BCUT2D eigenvalue weighted by molar-refractivity contribution is 7.99. The first-order valence-electron chi connectivity index (χ1n) is 5.33. The Hall–Kier alpha value is -1.16. The summed E-state index contributed by atoms with van der Waals surface area (Å²) in [6.45, 7) is 4.39. The lowest BCUT2D eigenvalue weighted by Crippen LogP contribution is -2.11. The highest BCUT2D eigenvalue weighted by Gasteiger charge is 2.05. The Morgan fingerprint density at radius 1 is 1.44 bits per heavy atom. The minimum Gasteiger partial charge on any atom is -0.398 e. The fourth-order valence-corrected chi connectivity index (χ4v) is 2.44. The van der Waals surface area contributed by atoms with Gasteiger partial charge in [0.25, 0.3) is 0 Å². The average Bonchev–Trinajstić information content (AvgIpc) is 2.19. The molecule has 1 rings (SSSR count). The molecule has 1 aromatic rings. The topological polar surface area (TPSA) is 69.1 Å². The standard InChI is InChI=1S/C12H18N2OS/c1-8(2)5-6-16-11-4-3-9(12(14)15)7-10(11)13/h3-4,7-8H,5-6,13H2,1-2H3,(H2,14,15). The van der Waals surface area contributed by atoms with E-state index in [1.165, 1.54) is 0 Å². The lowest BCUT2D eigenvalue weighted by atomic mass is 10.2. The molecule has 0 aliphatic rings. The number of nitrogens with two attached hydrogens (primary N) is 2. The summed E-state index contributed by atoms with van der Waals surface area (Å²) in [4.78, 5) is 11.9. The van der Waals surface area contributed by atoms with E-state index in [-0.39, 0.29) is 0 Å². The molecule has 4 heteroatoms. The first-order chi connectivity index (χ1) is 7.50. The van der Waals surface area contributed by atoms with Crippen LogP contribution in [-0.2, 0) is 0 Å². The van der Waals surface area contributed by atoms with E-state index < -0.39 is 5.91 Å². The number of amides is 1. The Morgan fingerprint density at radius 2 is 2.12 bits per heavy atom. The van der Waals surface area contributed by atoms with Gasteiger partial charge in [-0.2, -0.15) is 0 Å². The maximum atomic E-state index is 10.9. The van der Waals surface area contributed by atoms with Gasteiger partial charge in [0.1, 0.15) is 0 Å². The van der Waals surface area contributed by atoms with Crippen molar-refractivity contribution in [2.75, 3.05) is 11.5 Å². The van der Waals surface area contributed by atoms with E-state index in [2.05, 4.69) is 13.8 Å². The number of thioether (sulfide) groups is 1. The third kappa shape index (κ3) is 3.77. The third-order valence-electron chi connectivity index (χ3n) is 2.25. The summed E-state index contributed by atoms with van der Waals surface area (Å²) in [5.41, 5.74) is 12.1. The first kappa shape index (κ1) is 12.9. The second kappa shape index (κ2) is 5.80. The van der Waals surface area contributed by atoms with E-state index in [4.69, 9.17) is 11.5 Å². The molecule has 16 heavy (non-hydrogen) atoms. The molecule has 0 bridgehead atoms. The van der Waals surface area contributed by atoms with Gasteiger partial charge in [-0.25, -0.2) is 0 Å². The van der Waals surface area contributed by atoms with E-state index in [0.29, 0.717) is 17.2 Å². The monoisotopic (exact) mass is 238 g/mol. The number of hydrogen-bond acceptors (Lipinski definition) is 3. The number of rotatable bonds is 5. The molecule has 0 aromatic heterocycles. The Kier molecular flexibility index (Phi) is 4.68. The van der Waals surface area contributed by atoms with Crippen LogP contribution in [0, 0.1) is 5.92 Å². The summed E-state index contributed by atoms with van der Waals surface area (Å²) >= 11 is 1.72. The van der Waals surface area contributed by atoms with Crippen molar-refractivity contribution in [1.82, 2.24) is 0 Å². The molecular weight excluding hydrogens is 220 g/mol. The summed E-state index contributed by atoms with van der Waals surface area (Å²) in [5, 5.41) is 0. The van der Waals surface area contributed by atoms with Gasteiger partial charge in [0.15, 0.2) is 0 Å². The largest absolute Gasteiger partial charge is 0.398 e. The van der Waals surface area contributed by atoms with Gasteiger partial charge in [-0.15, -0.1) is 11.8 Å². The molecule has 88 valence electrons. The second-order valence-electron chi connectivity index (χ2n) is 4.15. The molecule has 0 saturated carbocycles. The van der Waals surface area contributed by atoms with Crippen LogP contribution in [0.25, 0.3) is 0 Å². The van der Waals surface area contributed by atoms with Crippen LogP contribution in [0.4, 0.5) is 5.69 Å². The number of carbonyl (C=O) groups excluding carboxylic acids is 1. The molecule has 0 radical (unpaired) electrons. The van der Waals surface area contributed by atoms with Crippen molar-refractivity contribution < 1.29 is 4.79 Å². The lowest BCUT2D eigenvalue weighted by Gasteiger charge is -2.07. The summed E-state index contributed by atoms with van der Waals surface area (Å²) in [7, 11) is 0. The van der Waals surface area contributed by atoms with Gasteiger partial charge in [0.2, 0.25) is 5.91 Å². The highest BCUT2D eigenvalue weighted by Crippen LogP contribution is 2.27. The normalized spacial score (nSPS) is 10.7. The van der Waals surface area contributed by atoms with Gasteiger partial charge in [-0.3, -0.25) is 4.79 Å². The Balaban J connectivity index is 2.64. The molecule has 0 aliphatic heterocycles. The smallest absolute Gasteiger partial charge is 0.248 e. The molecule has 3 nitrogen and oxygen atoms in total. The van der Waals surface area contributed by atoms with Crippen molar-refractivity contribution in [2.45, 2.75) is 25.2 Å². The van der Waals surface area contributed by atoms with E-state index in [0.717, 1.165) is 17.1 Å². The van der Waals surface area contributed by atoms with Crippen LogP contribution in [0.2, 0.25) is 0 Å². The Bertz CT molecular complexity index is 377. The van der Waals surface area contributed by atoms with Gasteiger partial charge in [-0.05, 0) is 36.3 Å². The average molecular weight is 238 g/mol. The zero-order chi connectivity index (χ0) is 12.1. The summed E-state index contributed by atoms with van der Waals surface area (Å²) in [6, 6.07) is 5.22. The number of anilines is 1. The van der Waals surface area contributed by atoms with Gasteiger partial charge < -0.3 is 11.5 Å². The number of primary amides is 1. The van der Waals surface area contributed by atoms with Gasteiger partial charge in [-0.1, -0.05) is 13.8 Å². The number of carbonyl (C=O) groups is 1. The molecule has 4 N–H and O–H groups in total. The van der Waals surface area contributed by atoms with Crippen LogP contribution in [0.15, 0.2) is 23.1 Å². The number of hydrogen-bond donors (Lipinski definition) is 2. The predicted molar refractivity (Wildman–Crippen MR) is 69.6 cm³/mol. The molecule has 0 aliphatic carbocycles. The van der Waals surface area contributed by atoms with E-state index in [1.807, 2.05) is 6.07 Å². The SMILES string of the molecule is CC(C)CCSc1ccc(C(N)=O)cc1N. The summed E-state index contributed by atoms with van der Waals surface area (Å²) < 4.78 is 0. The summed E-state index contributed by atoms with van der Waals surface area (Å²) in [6.07, 6.45) is 1.15.